The Kier molecular flexibility index (Phi) is 5.48. The van der Waals surface area contributed by atoms with Crippen LogP contribution in [0.3, 0.4) is 0 Å². The van der Waals surface area contributed by atoms with Gasteiger partial charge in [-0.1, -0.05) is 13.5 Å². The second-order valence-electron chi connectivity index (χ2n) is 5.76. The molecule has 1 rings (SSSR count). The second-order valence-corrected chi connectivity index (χ2v) is 5.76. The maximum Gasteiger partial charge on any atom is 0.331 e. The lowest BCUT2D eigenvalue weighted by Crippen LogP contribution is -2.40. The normalized spacial score (nSPS) is 29.7. The predicted molar refractivity (Wildman–Crippen MR) is 73.2 cm³/mol. The van der Waals surface area contributed by atoms with Gasteiger partial charge in [-0.2, -0.15) is 0 Å². The van der Waals surface area contributed by atoms with E-state index in [0.29, 0.717) is 19.3 Å². The molecule has 5 heteroatoms. The van der Waals surface area contributed by atoms with Gasteiger partial charge in [0.05, 0.1) is 5.92 Å². The molecular weight excluding hydrogens is 260 g/mol. The molecule has 0 radical (unpaired) electrons. The number of hydrogen-bond donors (Lipinski definition) is 2. The van der Waals surface area contributed by atoms with Crippen LogP contribution in [0, 0.1) is 23.7 Å². The van der Waals surface area contributed by atoms with Crippen molar-refractivity contribution in [1.29, 1.82) is 0 Å². The fourth-order valence-electron chi connectivity index (χ4n) is 3.23. The number of hydrogen-bond acceptors (Lipinski definition) is 3. The van der Waals surface area contributed by atoms with Crippen LogP contribution in [-0.4, -0.2) is 27.9 Å². The molecule has 1 aliphatic rings. The zero-order valence-electron chi connectivity index (χ0n) is 12.0. The summed E-state index contributed by atoms with van der Waals surface area (Å²) in [5.74, 6) is -3.40. The van der Waals surface area contributed by atoms with Crippen molar-refractivity contribution in [3.8, 4) is 0 Å². The van der Waals surface area contributed by atoms with Gasteiger partial charge in [0.15, 0.2) is 0 Å². The van der Waals surface area contributed by atoms with E-state index < -0.39 is 23.8 Å². The van der Waals surface area contributed by atoms with Crippen LogP contribution in [0.4, 0.5) is 0 Å². The van der Waals surface area contributed by atoms with Gasteiger partial charge in [-0.3, -0.25) is 4.79 Å². The SMILES string of the molecule is C=C(C(=O)O)C1CCC(C)C(CCC(C)=O)C1C(=O)O. The first-order chi connectivity index (χ1) is 9.25. The zero-order valence-corrected chi connectivity index (χ0v) is 12.0. The highest BCUT2D eigenvalue weighted by atomic mass is 16.4. The molecule has 0 aliphatic heterocycles. The quantitative estimate of drug-likeness (QED) is 0.730. The average Bonchev–Trinajstić information content (AvgIpc) is 2.35. The van der Waals surface area contributed by atoms with E-state index in [9.17, 15) is 19.5 Å². The first kappa shape index (κ1) is 16.4. The van der Waals surface area contributed by atoms with E-state index in [1.807, 2.05) is 6.92 Å². The number of aliphatic carboxylic acids is 2. The van der Waals surface area contributed by atoms with Crippen LogP contribution >= 0.6 is 0 Å². The first-order valence-corrected chi connectivity index (χ1v) is 6.90. The zero-order chi connectivity index (χ0) is 15.4. The lowest BCUT2D eigenvalue weighted by molar-refractivity contribution is -0.149. The molecule has 0 bridgehead atoms. The number of carbonyl (C=O) groups excluding carboxylic acids is 1. The predicted octanol–water partition coefficient (Wildman–Crippen LogP) is 2.36. The number of carboxylic acid groups (broad SMARTS) is 2. The van der Waals surface area contributed by atoms with Crippen molar-refractivity contribution in [2.75, 3.05) is 0 Å². The molecule has 20 heavy (non-hydrogen) atoms. The van der Waals surface area contributed by atoms with E-state index in [1.54, 1.807) is 0 Å². The average molecular weight is 282 g/mol. The Morgan fingerprint density at radius 3 is 2.25 bits per heavy atom. The smallest absolute Gasteiger partial charge is 0.331 e. The molecule has 0 heterocycles. The molecule has 112 valence electrons. The lowest BCUT2D eigenvalue weighted by Gasteiger charge is -2.40. The highest BCUT2D eigenvalue weighted by Crippen LogP contribution is 2.44. The molecule has 4 atom stereocenters. The lowest BCUT2D eigenvalue weighted by atomic mass is 9.63. The standard InChI is InChI=1S/C15H22O5/c1-8-4-6-12(10(3)14(17)18)13(15(19)20)11(8)7-5-9(2)16/h8,11-13H,3-7H2,1-2H3,(H,17,18)(H,19,20). The number of Topliss-reactive ketones (excluding diaryl/α,β-unsaturated/α-hetero) is 1. The van der Waals surface area contributed by atoms with E-state index in [-0.39, 0.29) is 23.2 Å². The van der Waals surface area contributed by atoms with Gasteiger partial charge in [0.25, 0.3) is 0 Å². The largest absolute Gasteiger partial charge is 0.481 e. The van der Waals surface area contributed by atoms with Gasteiger partial charge in [0.1, 0.15) is 5.78 Å². The Labute approximate surface area is 118 Å². The molecule has 0 aromatic carbocycles. The fraction of sp³-hybridized carbons (Fsp3) is 0.667. The van der Waals surface area contributed by atoms with Crippen molar-refractivity contribution in [2.45, 2.75) is 39.5 Å². The summed E-state index contributed by atoms with van der Waals surface area (Å²) in [7, 11) is 0. The Balaban J connectivity index is 2.98. The van der Waals surface area contributed by atoms with Crippen LogP contribution < -0.4 is 0 Å². The monoisotopic (exact) mass is 282 g/mol. The third kappa shape index (κ3) is 3.68. The summed E-state index contributed by atoms with van der Waals surface area (Å²) < 4.78 is 0. The molecule has 0 spiro atoms. The van der Waals surface area contributed by atoms with Gasteiger partial charge in [0.2, 0.25) is 0 Å². The molecular formula is C15H22O5. The van der Waals surface area contributed by atoms with Crippen molar-refractivity contribution in [2.24, 2.45) is 23.7 Å². The van der Waals surface area contributed by atoms with Crippen LogP contribution in [0.5, 0.6) is 0 Å². The van der Waals surface area contributed by atoms with E-state index in [2.05, 4.69) is 6.58 Å². The fourth-order valence-corrected chi connectivity index (χ4v) is 3.23. The molecule has 0 aromatic rings. The van der Waals surface area contributed by atoms with Crippen LogP contribution in [0.25, 0.3) is 0 Å². The van der Waals surface area contributed by atoms with Crippen LogP contribution in [0.1, 0.15) is 39.5 Å². The Morgan fingerprint density at radius 1 is 1.20 bits per heavy atom. The number of carboxylic acids is 2. The number of carbonyl (C=O) groups is 3. The van der Waals surface area contributed by atoms with Crippen LogP contribution in [0.15, 0.2) is 12.2 Å². The van der Waals surface area contributed by atoms with Crippen molar-refractivity contribution < 1.29 is 24.6 Å². The van der Waals surface area contributed by atoms with Crippen molar-refractivity contribution in [1.82, 2.24) is 0 Å². The minimum absolute atomic E-state index is 0.0283. The second kappa shape index (κ2) is 6.68. The summed E-state index contributed by atoms with van der Waals surface area (Å²) >= 11 is 0. The van der Waals surface area contributed by atoms with Crippen LogP contribution in [0.2, 0.25) is 0 Å². The van der Waals surface area contributed by atoms with Crippen LogP contribution in [-0.2, 0) is 14.4 Å². The summed E-state index contributed by atoms with van der Waals surface area (Å²) in [6, 6.07) is 0. The summed E-state index contributed by atoms with van der Waals surface area (Å²) in [6.07, 6.45) is 2.13. The highest BCUT2D eigenvalue weighted by molar-refractivity contribution is 5.88. The molecule has 2 N–H and O–H groups in total. The van der Waals surface area contributed by atoms with Gasteiger partial charge in [-0.05, 0) is 38.0 Å². The van der Waals surface area contributed by atoms with Gasteiger partial charge < -0.3 is 15.0 Å². The first-order valence-electron chi connectivity index (χ1n) is 6.90. The molecule has 0 amide bonds. The maximum atomic E-state index is 11.6. The maximum absolute atomic E-state index is 11.6. The number of rotatable bonds is 6. The highest BCUT2D eigenvalue weighted by Gasteiger charge is 2.43. The van der Waals surface area contributed by atoms with E-state index in [4.69, 9.17) is 5.11 Å². The van der Waals surface area contributed by atoms with E-state index in [1.165, 1.54) is 6.92 Å². The van der Waals surface area contributed by atoms with Crippen molar-refractivity contribution in [3.63, 3.8) is 0 Å². The van der Waals surface area contributed by atoms with Gasteiger partial charge in [-0.15, -0.1) is 0 Å². The van der Waals surface area contributed by atoms with Crippen molar-refractivity contribution >= 4 is 17.7 Å². The van der Waals surface area contributed by atoms with Crippen molar-refractivity contribution in [3.05, 3.63) is 12.2 Å². The third-order valence-corrected chi connectivity index (χ3v) is 4.40. The van der Waals surface area contributed by atoms with Gasteiger partial charge in [0, 0.05) is 17.9 Å². The molecule has 0 aromatic heterocycles. The van der Waals surface area contributed by atoms with E-state index >= 15 is 0 Å². The topological polar surface area (TPSA) is 91.7 Å². The Bertz CT molecular complexity index is 426. The third-order valence-electron chi connectivity index (χ3n) is 4.40. The molecule has 1 saturated carbocycles. The van der Waals surface area contributed by atoms with E-state index in [0.717, 1.165) is 6.42 Å². The molecule has 5 nitrogen and oxygen atoms in total. The minimum Gasteiger partial charge on any atom is -0.481 e. The summed E-state index contributed by atoms with van der Waals surface area (Å²) in [4.78, 5) is 33.8. The summed E-state index contributed by atoms with van der Waals surface area (Å²) in [5, 5.41) is 18.5. The Morgan fingerprint density at radius 2 is 1.80 bits per heavy atom. The summed E-state index contributed by atoms with van der Waals surface area (Å²) in [6.45, 7) is 6.99. The molecule has 1 fully saturated rings. The minimum atomic E-state index is -1.14. The molecule has 1 aliphatic carbocycles. The molecule has 4 unspecified atom stereocenters. The summed E-state index contributed by atoms with van der Waals surface area (Å²) in [5.41, 5.74) is -0.0304. The number of ketones is 1. The van der Waals surface area contributed by atoms with Gasteiger partial charge >= 0.3 is 11.9 Å². The Hall–Kier alpha value is -1.65. The van der Waals surface area contributed by atoms with Gasteiger partial charge in [-0.25, -0.2) is 4.79 Å². The molecule has 0 saturated heterocycles.